The Balaban J connectivity index is 1.74. The molecular weight excluding hydrogens is 284 g/mol. The third kappa shape index (κ3) is 10.4. The van der Waals surface area contributed by atoms with E-state index in [1.807, 2.05) is 13.8 Å². The van der Waals surface area contributed by atoms with Gasteiger partial charge < -0.3 is 9.47 Å². The molecule has 1 rings (SSSR count). The molecule has 23 heavy (non-hydrogen) atoms. The van der Waals surface area contributed by atoms with Crippen molar-refractivity contribution in [1.82, 2.24) is 0 Å². The molecule has 0 unspecified atom stereocenters. The fourth-order valence-electron chi connectivity index (χ4n) is 3.79. The molecule has 1 aliphatic rings. The molecule has 0 aliphatic carbocycles. The Bertz CT molecular complexity index is 278. The number of ether oxygens (including phenoxy) is 2. The van der Waals surface area contributed by atoms with Gasteiger partial charge in [-0.15, -0.1) is 0 Å². The van der Waals surface area contributed by atoms with Crippen molar-refractivity contribution in [2.24, 2.45) is 0 Å². The van der Waals surface area contributed by atoms with Crippen LogP contribution in [0, 0.1) is 0 Å². The SMILES string of the molecule is CCCCCCCCCCCCCCCCC1(C)OC(C)(C)O1. The van der Waals surface area contributed by atoms with E-state index in [-0.39, 0.29) is 11.6 Å². The minimum atomic E-state index is -0.356. The molecule has 2 heteroatoms. The molecule has 0 saturated carbocycles. The average Bonchev–Trinajstić information content (AvgIpc) is 2.45. The molecule has 1 fully saturated rings. The lowest BCUT2D eigenvalue weighted by molar-refractivity contribution is -0.492. The normalized spacial score (nSPS) is 18.8. The van der Waals surface area contributed by atoms with Crippen molar-refractivity contribution in [3.05, 3.63) is 0 Å². The molecule has 1 aliphatic heterocycles. The standard InChI is InChI=1S/C21H42O2/c1-5-6-7-8-9-10-11-12-13-14-15-16-17-18-19-21(4)22-20(2,3)23-21/h5-19H2,1-4H3. The van der Waals surface area contributed by atoms with Crippen LogP contribution in [0.25, 0.3) is 0 Å². The molecule has 0 radical (unpaired) electrons. The number of hydrogen-bond acceptors (Lipinski definition) is 2. The van der Waals surface area contributed by atoms with E-state index in [0.717, 1.165) is 6.42 Å². The van der Waals surface area contributed by atoms with Crippen molar-refractivity contribution in [3.63, 3.8) is 0 Å². The first-order chi connectivity index (χ1) is 11.0. The lowest BCUT2D eigenvalue weighted by Crippen LogP contribution is -2.57. The molecule has 0 aromatic carbocycles. The maximum atomic E-state index is 5.81. The fourth-order valence-corrected chi connectivity index (χ4v) is 3.79. The molecule has 0 amide bonds. The third-order valence-corrected chi connectivity index (χ3v) is 4.91. The first kappa shape index (κ1) is 21.0. The van der Waals surface area contributed by atoms with Crippen molar-refractivity contribution in [3.8, 4) is 0 Å². The lowest BCUT2D eigenvalue weighted by atomic mass is 10.0. The van der Waals surface area contributed by atoms with Gasteiger partial charge >= 0.3 is 0 Å². The fraction of sp³-hybridized carbons (Fsp3) is 1.00. The van der Waals surface area contributed by atoms with Crippen molar-refractivity contribution in [1.29, 1.82) is 0 Å². The van der Waals surface area contributed by atoms with Crippen LogP contribution < -0.4 is 0 Å². The number of rotatable bonds is 15. The van der Waals surface area contributed by atoms with E-state index in [0.29, 0.717) is 0 Å². The van der Waals surface area contributed by atoms with E-state index in [9.17, 15) is 0 Å². The van der Waals surface area contributed by atoms with Crippen LogP contribution >= 0.6 is 0 Å². The van der Waals surface area contributed by atoms with E-state index >= 15 is 0 Å². The van der Waals surface area contributed by atoms with Crippen LogP contribution in [0.2, 0.25) is 0 Å². The van der Waals surface area contributed by atoms with Crippen LogP contribution in [0.4, 0.5) is 0 Å². The van der Waals surface area contributed by atoms with Gasteiger partial charge in [0, 0.05) is 6.42 Å². The maximum absolute atomic E-state index is 5.81. The summed E-state index contributed by atoms with van der Waals surface area (Å²) in [5.74, 6) is -0.661. The van der Waals surface area contributed by atoms with Gasteiger partial charge in [-0.25, -0.2) is 0 Å². The third-order valence-electron chi connectivity index (χ3n) is 4.91. The van der Waals surface area contributed by atoms with Gasteiger partial charge in [0.05, 0.1) is 0 Å². The minimum absolute atomic E-state index is 0.305. The zero-order valence-electron chi connectivity index (χ0n) is 16.4. The Morgan fingerprint density at radius 2 is 0.870 bits per heavy atom. The summed E-state index contributed by atoms with van der Waals surface area (Å²) in [6.45, 7) is 8.33. The quantitative estimate of drug-likeness (QED) is 0.293. The van der Waals surface area contributed by atoms with E-state index < -0.39 is 0 Å². The highest BCUT2D eigenvalue weighted by molar-refractivity contribution is 4.78. The summed E-state index contributed by atoms with van der Waals surface area (Å²) in [7, 11) is 0. The monoisotopic (exact) mass is 326 g/mol. The first-order valence-corrected chi connectivity index (χ1v) is 10.4. The molecule has 1 saturated heterocycles. The number of hydrogen-bond donors (Lipinski definition) is 0. The molecule has 138 valence electrons. The van der Waals surface area contributed by atoms with Gasteiger partial charge in [-0.3, -0.25) is 0 Å². The summed E-state index contributed by atoms with van der Waals surface area (Å²) in [6, 6.07) is 0. The van der Waals surface area contributed by atoms with Crippen LogP contribution in [0.5, 0.6) is 0 Å². The van der Waals surface area contributed by atoms with Crippen molar-refractivity contribution in [2.75, 3.05) is 0 Å². The molecule has 0 N–H and O–H groups in total. The predicted octanol–water partition coefficient (Wildman–Crippen LogP) is 7.36. The number of unbranched alkanes of at least 4 members (excludes halogenated alkanes) is 13. The summed E-state index contributed by atoms with van der Waals surface area (Å²) < 4.78 is 11.6. The Kier molecular flexibility index (Phi) is 10.5. The van der Waals surface area contributed by atoms with Crippen LogP contribution in [0.3, 0.4) is 0 Å². The van der Waals surface area contributed by atoms with Gasteiger partial charge in [-0.1, -0.05) is 90.4 Å². The Morgan fingerprint density at radius 1 is 0.522 bits per heavy atom. The molecule has 0 bridgehead atoms. The minimum Gasteiger partial charge on any atom is -0.319 e. The van der Waals surface area contributed by atoms with E-state index in [1.54, 1.807) is 0 Å². The van der Waals surface area contributed by atoms with Crippen LogP contribution in [0.1, 0.15) is 124 Å². The second kappa shape index (κ2) is 11.5. The highest BCUT2D eigenvalue weighted by Gasteiger charge is 2.47. The molecule has 0 atom stereocenters. The molecule has 0 aromatic heterocycles. The molecular formula is C21H42O2. The van der Waals surface area contributed by atoms with Gasteiger partial charge in [0.25, 0.3) is 0 Å². The van der Waals surface area contributed by atoms with Gasteiger partial charge in [0.1, 0.15) is 0 Å². The highest BCUT2D eigenvalue weighted by Crippen LogP contribution is 2.40. The van der Waals surface area contributed by atoms with E-state index in [2.05, 4.69) is 13.8 Å². The highest BCUT2D eigenvalue weighted by atomic mass is 16.9. The van der Waals surface area contributed by atoms with Gasteiger partial charge in [-0.2, -0.15) is 0 Å². The topological polar surface area (TPSA) is 18.5 Å². The largest absolute Gasteiger partial charge is 0.319 e. The predicted molar refractivity (Wildman–Crippen MR) is 99.6 cm³/mol. The van der Waals surface area contributed by atoms with Gasteiger partial charge in [0.2, 0.25) is 0 Å². The maximum Gasteiger partial charge on any atom is 0.172 e. The van der Waals surface area contributed by atoms with Crippen molar-refractivity contribution >= 4 is 0 Å². The summed E-state index contributed by atoms with van der Waals surface area (Å²) in [4.78, 5) is 0. The lowest BCUT2D eigenvalue weighted by Gasteiger charge is -2.51. The van der Waals surface area contributed by atoms with Crippen LogP contribution in [-0.2, 0) is 9.47 Å². The summed E-state index contributed by atoms with van der Waals surface area (Å²) >= 11 is 0. The average molecular weight is 327 g/mol. The summed E-state index contributed by atoms with van der Waals surface area (Å²) in [5, 5.41) is 0. The van der Waals surface area contributed by atoms with Crippen LogP contribution in [-0.4, -0.2) is 11.6 Å². The zero-order chi connectivity index (χ0) is 17.0. The van der Waals surface area contributed by atoms with Gasteiger partial charge in [0.15, 0.2) is 11.6 Å². The Hall–Kier alpha value is -0.0800. The first-order valence-electron chi connectivity index (χ1n) is 10.4. The Morgan fingerprint density at radius 3 is 1.22 bits per heavy atom. The summed E-state index contributed by atoms with van der Waals surface area (Å²) in [6.07, 6.45) is 20.7. The van der Waals surface area contributed by atoms with Gasteiger partial charge in [-0.05, 0) is 27.2 Å². The Labute approximate surface area is 145 Å². The molecule has 0 spiro atoms. The van der Waals surface area contributed by atoms with E-state index in [4.69, 9.17) is 9.47 Å². The molecule has 1 heterocycles. The second-order valence-electron chi connectivity index (χ2n) is 8.08. The summed E-state index contributed by atoms with van der Waals surface area (Å²) in [5.41, 5.74) is 0. The molecule has 2 nitrogen and oxygen atoms in total. The van der Waals surface area contributed by atoms with Crippen molar-refractivity contribution < 1.29 is 9.47 Å². The van der Waals surface area contributed by atoms with E-state index in [1.165, 1.54) is 89.9 Å². The smallest absolute Gasteiger partial charge is 0.172 e. The zero-order valence-corrected chi connectivity index (χ0v) is 16.4. The van der Waals surface area contributed by atoms with Crippen molar-refractivity contribution in [2.45, 2.75) is 136 Å². The second-order valence-corrected chi connectivity index (χ2v) is 8.08. The van der Waals surface area contributed by atoms with Crippen LogP contribution in [0.15, 0.2) is 0 Å². The molecule has 0 aromatic rings.